The number of carbonyl (C=O) groups excluding carboxylic acids is 1. The van der Waals surface area contributed by atoms with E-state index in [1.165, 1.54) is 19.3 Å². The molecule has 0 aromatic heterocycles. The second-order valence-corrected chi connectivity index (χ2v) is 3.42. The Bertz CT molecular complexity index is 212. The minimum Gasteiger partial charge on any atom is -0.450 e. The maximum Gasteiger partial charge on any atom is 0.338 e. The Morgan fingerprint density at radius 1 is 1.27 bits per heavy atom. The average molecular weight is 152 g/mol. The molecule has 0 amide bonds. The van der Waals surface area contributed by atoms with Crippen LogP contribution in [0.3, 0.4) is 0 Å². The third-order valence-corrected chi connectivity index (χ3v) is 2.75. The number of rotatable bonds is 0. The van der Waals surface area contributed by atoms with Crippen LogP contribution in [-0.4, -0.2) is 11.6 Å². The molecule has 1 saturated carbocycles. The van der Waals surface area contributed by atoms with E-state index in [1.807, 2.05) is 0 Å². The highest BCUT2D eigenvalue weighted by Gasteiger charge is 2.50. The van der Waals surface area contributed by atoms with Gasteiger partial charge in [0.05, 0.1) is 5.57 Å². The fourth-order valence-electron chi connectivity index (χ4n) is 1.97. The summed E-state index contributed by atoms with van der Waals surface area (Å²) in [5.41, 5.74) is 0.493. The molecule has 2 fully saturated rings. The Hall–Kier alpha value is -0.790. The molecule has 0 N–H and O–H groups in total. The predicted molar refractivity (Wildman–Crippen MR) is 41.0 cm³/mol. The van der Waals surface area contributed by atoms with Gasteiger partial charge in [-0.2, -0.15) is 0 Å². The Balaban J connectivity index is 2.12. The van der Waals surface area contributed by atoms with Gasteiger partial charge in [-0.15, -0.1) is 0 Å². The summed E-state index contributed by atoms with van der Waals surface area (Å²) in [6.45, 7) is 3.74. The standard InChI is InChI=1S/C9H12O2/c1-7-8(10)11-9(7)5-3-2-4-6-9/h1-6H2. The molecule has 0 bridgehead atoms. The van der Waals surface area contributed by atoms with Crippen LogP contribution in [-0.2, 0) is 9.53 Å². The van der Waals surface area contributed by atoms with E-state index < -0.39 is 0 Å². The molecule has 0 radical (unpaired) electrons. The minimum atomic E-state index is -0.213. The Kier molecular flexibility index (Phi) is 1.31. The summed E-state index contributed by atoms with van der Waals surface area (Å²) in [4.78, 5) is 10.8. The first-order chi connectivity index (χ1) is 5.25. The summed E-state index contributed by atoms with van der Waals surface area (Å²) in [5, 5.41) is 0. The average Bonchev–Trinajstić information content (AvgIpc) is 2.06. The minimum absolute atomic E-state index is 0.188. The summed E-state index contributed by atoms with van der Waals surface area (Å²) in [6.07, 6.45) is 5.61. The molecule has 2 aliphatic rings. The second-order valence-electron chi connectivity index (χ2n) is 3.42. The van der Waals surface area contributed by atoms with Crippen LogP contribution in [0.2, 0.25) is 0 Å². The normalized spacial score (nSPS) is 28.0. The number of carbonyl (C=O) groups is 1. The lowest BCUT2D eigenvalue weighted by atomic mass is 9.76. The van der Waals surface area contributed by atoms with E-state index >= 15 is 0 Å². The molecular formula is C9H12O2. The maximum atomic E-state index is 10.8. The number of esters is 1. The van der Waals surface area contributed by atoms with Crippen LogP contribution in [0.4, 0.5) is 0 Å². The van der Waals surface area contributed by atoms with E-state index in [9.17, 15) is 4.79 Å². The molecule has 1 saturated heterocycles. The zero-order valence-corrected chi connectivity index (χ0v) is 6.56. The molecule has 0 atom stereocenters. The quantitative estimate of drug-likeness (QED) is 0.391. The van der Waals surface area contributed by atoms with Gasteiger partial charge in [0.15, 0.2) is 0 Å². The van der Waals surface area contributed by atoms with Gasteiger partial charge in [0.2, 0.25) is 0 Å². The van der Waals surface area contributed by atoms with E-state index in [-0.39, 0.29) is 11.6 Å². The molecule has 2 nitrogen and oxygen atoms in total. The van der Waals surface area contributed by atoms with Crippen LogP contribution in [0.15, 0.2) is 12.2 Å². The third-order valence-electron chi connectivity index (χ3n) is 2.75. The zero-order chi connectivity index (χ0) is 7.90. The lowest BCUT2D eigenvalue weighted by Gasteiger charge is -2.44. The molecule has 1 aliphatic heterocycles. The topological polar surface area (TPSA) is 26.3 Å². The highest BCUT2D eigenvalue weighted by molar-refractivity contribution is 5.96. The molecule has 0 aromatic rings. The summed E-state index contributed by atoms with van der Waals surface area (Å²) >= 11 is 0. The highest BCUT2D eigenvalue weighted by Crippen LogP contribution is 2.44. The molecular weight excluding hydrogens is 140 g/mol. The van der Waals surface area contributed by atoms with Crippen molar-refractivity contribution in [1.82, 2.24) is 0 Å². The van der Waals surface area contributed by atoms with Gasteiger partial charge in [0, 0.05) is 0 Å². The molecule has 1 spiro atoms. The molecule has 1 heterocycles. The van der Waals surface area contributed by atoms with Gasteiger partial charge >= 0.3 is 5.97 Å². The van der Waals surface area contributed by atoms with Gasteiger partial charge in [0.1, 0.15) is 5.60 Å². The number of hydrogen-bond acceptors (Lipinski definition) is 2. The van der Waals surface area contributed by atoms with Crippen molar-refractivity contribution in [2.75, 3.05) is 0 Å². The lowest BCUT2D eigenvalue weighted by molar-refractivity contribution is -0.175. The van der Waals surface area contributed by atoms with Gasteiger partial charge in [0.25, 0.3) is 0 Å². The van der Waals surface area contributed by atoms with Crippen LogP contribution < -0.4 is 0 Å². The molecule has 0 unspecified atom stereocenters. The van der Waals surface area contributed by atoms with Crippen LogP contribution in [0, 0.1) is 0 Å². The van der Waals surface area contributed by atoms with Crippen molar-refractivity contribution in [3.63, 3.8) is 0 Å². The largest absolute Gasteiger partial charge is 0.450 e. The van der Waals surface area contributed by atoms with Gasteiger partial charge in [-0.3, -0.25) is 0 Å². The van der Waals surface area contributed by atoms with E-state index in [4.69, 9.17) is 4.74 Å². The van der Waals surface area contributed by atoms with Gasteiger partial charge in [-0.25, -0.2) is 4.79 Å². The lowest BCUT2D eigenvalue weighted by Crippen LogP contribution is -2.51. The zero-order valence-electron chi connectivity index (χ0n) is 6.56. The van der Waals surface area contributed by atoms with Crippen molar-refractivity contribution in [2.45, 2.75) is 37.7 Å². The Labute approximate surface area is 66.2 Å². The summed E-state index contributed by atoms with van der Waals surface area (Å²) in [5.74, 6) is -0.188. The van der Waals surface area contributed by atoms with Gasteiger partial charge in [-0.1, -0.05) is 13.0 Å². The fourth-order valence-corrected chi connectivity index (χ4v) is 1.97. The monoisotopic (exact) mass is 152 g/mol. The number of hydrogen-bond donors (Lipinski definition) is 0. The van der Waals surface area contributed by atoms with Gasteiger partial charge in [-0.05, 0) is 25.7 Å². The first kappa shape index (κ1) is 6.89. The summed E-state index contributed by atoms with van der Waals surface area (Å²) < 4.78 is 5.14. The van der Waals surface area contributed by atoms with Crippen LogP contribution in [0.5, 0.6) is 0 Å². The second kappa shape index (κ2) is 2.10. The van der Waals surface area contributed by atoms with Crippen molar-refractivity contribution >= 4 is 5.97 Å². The molecule has 11 heavy (non-hydrogen) atoms. The predicted octanol–water partition coefficient (Wildman–Crippen LogP) is 1.80. The van der Waals surface area contributed by atoms with Crippen molar-refractivity contribution in [3.8, 4) is 0 Å². The fraction of sp³-hybridized carbons (Fsp3) is 0.667. The SMILES string of the molecule is C=C1C(=O)OC12CCCCC2. The molecule has 60 valence electrons. The van der Waals surface area contributed by atoms with Crippen molar-refractivity contribution < 1.29 is 9.53 Å². The van der Waals surface area contributed by atoms with Crippen molar-refractivity contribution in [1.29, 1.82) is 0 Å². The van der Waals surface area contributed by atoms with E-state index in [2.05, 4.69) is 6.58 Å². The van der Waals surface area contributed by atoms with E-state index in [0.717, 1.165) is 12.8 Å². The van der Waals surface area contributed by atoms with Gasteiger partial charge < -0.3 is 4.74 Å². The summed E-state index contributed by atoms with van der Waals surface area (Å²) in [6, 6.07) is 0. The van der Waals surface area contributed by atoms with Crippen LogP contribution in [0.25, 0.3) is 0 Å². The Morgan fingerprint density at radius 3 is 2.36 bits per heavy atom. The summed E-state index contributed by atoms with van der Waals surface area (Å²) in [7, 11) is 0. The van der Waals surface area contributed by atoms with Crippen molar-refractivity contribution in [2.24, 2.45) is 0 Å². The Morgan fingerprint density at radius 2 is 1.91 bits per heavy atom. The van der Waals surface area contributed by atoms with E-state index in [0.29, 0.717) is 5.57 Å². The third kappa shape index (κ3) is 0.817. The molecule has 2 rings (SSSR count). The number of ether oxygens (including phenoxy) is 1. The first-order valence-electron chi connectivity index (χ1n) is 4.17. The van der Waals surface area contributed by atoms with Crippen LogP contribution in [0.1, 0.15) is 32.1 Å². The molecule has 1 aliphatic carbocycles. The molecule has 0 aromatic carbocycles. The maximum absolute atomic E-state index is 10.8. The van der Waals surface area contributed by atoms with Crippen molar-refractivity contribution in [3.05, 3.63) is 12.2 Å². The molecule has 2 heteroatoms. The smallest absolute Gasteiger partial charge is 0.338 e. The first-order valence-corrected chi connectivity index (χ1v) is 4.17. The highest BCUT2D eigenvalue weighted by atomic mass is 16.6. The van der Waals surface area contributed by atoms with E-state index in [1.54, 1.807) is 0 Å². The van der Waals surface area contributed by atoms with Crippen LogP contribution >= 0.6 is 0 Å².